The number of anilines is 1. The Morgan fingerprint density at radius 3 is 1.60 bits per heavy atom. The maximum absolute atomic E-state index is 13.2. The minimum Gasteiger partial charge on any atom is -0.399 e. The molecule has 2 N–H and O–H groups in total. The number of nitrogen functional groups attached to an aromatic ring is 1. The van der Waals surface area contributed by atoms with Gasteiger partial charge in [0.05, 0.1) is 4.90 Å². The van der Waals surface area contributed by atoms with Crippen molar-refractivity contribution in [2.75, 3.05) is 5.73 Å². The third-order valence-corrected chi connectivity index (χ3v) is 4.07. The predicted octanol–water partition coefficient (Wildman–Crippen LogP) is 2.83. The highest BCUT2D eigenvalue weighted by atomic mass is 32.2. The van der Waals surface area contributed by atoms with Crippen molar-refractivity contribution in [3.63, 3.8) is 0 Å². The molecule has 114 valence electrons. The number of rotatable bonds is 3. The third-order valence-electron chi connectivity index (χ3n) is 2.25. The maximum atomic E-state index is 13.2. The van der Waals surface area contributed by atoms with Crippen LogP contribution in [0.15, 0.2) is 29.2 Å². The molecule has 0 aromatic heterocycles. The van der Waals surface area contributed by atoms with Crippen molar-refractivity contribution in [3.8, 4) is 0 Å². The Morgan fingerprint density at radius 1 is 0.850 bits per heavy atom. The Morgan fingerprint density at radius 2 is 1.25 bits per heavy atom. The Labute approximate surface area is 108 Å². The topological polar surface area (TPSA) is 60.2 Å². The van der Waals surface area contributed by atoms with Crippen LogP contribution in [0.5, 0.6) is 0 Å². The average molecular weight is 325 g/mol. The van der Waals surface area contributed by atoms with Crippen molar-refractivity contribution in [1.29, 1.82) is 0 Å². The lowest BCUT2D eigenvalue weighted by Gasteiger charge is -2.27. The van der Waals surface area contributed by atoms with E-state index in [4.69, 9.17) is 5.73 Å². The number of nitrogens with two attached hydrogens (primary N) is 1. The van der Waals surface area contributed by atoms with Gasteiger partial charge in [0, 0.05) is 5.69 Å². The van der Waals surface area contributed by atoms with Gasteiger partial charge in [0.15, 0.2) is 0 Å². The van der Waals surface area contributed by atoms with E-state index in [1.165, 1.54) is 0 Å². The first-order valence-corrected chi connectivity index (χ1v) is 6.16. The highest BCUT2D eigenvalue weighted by Crippen LogP contribution is 2.50. The molecule has 0 aliphatic rings. The van der Waals surface area contributed by atoms with Gasteiger partial charge >= 0.3 is 17.4 Å². The van der Waals surface area contributed by atoms with Crippen LogP contribution >= 0.6 is 0 Å². The van der Waals surface area contributed by atoms with Gasteiger partial charge in [-0.1, -0.05) is 0 Å². The molecule has 0 amide bonds. The predicted molar refractivity (Wildman–Crippen MR) is 54.0 cm³/mol. The quantitative estimate of drug-likeness (QED) is 0.687. The molecule has 0 fully saturated rings. The second kappa shape index (κ2) is 4.50. The van der Waals surface area contributed by atoms with E-state index in [9.17, 15) is 39.2 Å². The van der Waals surface area contributed by atoms with Gasteiger partial charge in [-0.25, -0.2) is 8.42 Å². The standard InChI is InChI=1S/C9H6F7NO2S/c10-7(11,8(12,13)14)9(15,16)20(18,19)6-3-1-5(17)2-4-6/h1-4H,17H2. The first-order valence-electron chi connectivity index (χ1n) is 4.67. The highest BCUT2D eigenvalue weighted by Gasteiger charge is 2.78. The first-order chi connectivity index (χ1) is 8.75. The number of halogens is 7. The molecule has 11 heteroatoms. The SMILES string of the molecule is Nc1ccc(S(=O)(=O)C(F)(F)C(F)(F)C(F)(F)F)cc1. The monoisotopic (exact) mass is 325 g/mol. The molecule has 0 saturated heterocycles. The Kier molecular flexibility index (Phi) is 3.72. The molecule has 1 aromatic rings. The third kappa shape index (κ3) is 2.30. The Balaban J connectivity index is 3.44. The van der Waals surface area contributed by atoms with Crippen LogP contribution in [-0.2, 0) is 9.84 Å². The van der Waals surface area contributed by atoms with Crippen LogP contribution in [0, 0.1) is 0 Å². The summed E-state index contributed by atoms with van der Waals surface area (Å²) in [7, 11) is -6.25. The lowest BCUT2D eigenvalue weighted by Crippen LogP contribution is -2.55. The fourth-order valence-electron chi connectivity index (χ4n) is 1.13. The van der Waals surface area contributed by atoms with E-state index in [1.807, 2.05) is 0 Å². The summed E-state index contributed by atoms with van der Waals surface area (Å²) in [5.74, 6) is -6.74. The van der Waals surface area contributed by atoms with E-state index >= 15 is 0 Å². The molecule has 1 rings (SSSR count). The van der Waals surface area contributed by atoms with E-state index in [-0.39, 0.29) is 5.69 Å². The second-order valence-electron chi connectivity index (χ2n) is 3.66. The number of hydrogen-bond donors (Lipinski definition) is 1. The minimum absolute atomic E-state index is 0.0881. The molecule has 0 heterocycles. The maximum Gasteiger partial charge on any atom is 0.461 e. The van der Waals surface area contributed by atoms with E-state index in [1.54, 1.807) is 0 Å². The summed E-state index contributed by atoms with van der Waals surface area (Å²) in [5, 5.41) is -6.35. The number of benzene rings is 1. The fraction of sp³-hybridized carbons (Fsp3) is 0.333. The zero-order chi connectivity index (χ0) is 16.0. The molecule has 0 saturated carbocycles. The van der Waals surface area contributed by atoms with Crippen LogP contribution in [0.4, 0.5) is 36.4 Å². The summed E-state index contributed by atoms with van der Waals surface area (Å²) in [5.41, 5.74) is 5.04. The minimum atomic E-state index is -6.74. The van der Waals surface area contributed by atoms with Crippen molar-refractivity contribution in [2.24, 2.45) is 0 Å². The molecule has 0 radical (unpaired) electrons. The molecule has 1 aromatic carbocycles. The number of sulfone groups is 1. The molecule has 3 nitrogen and oxygen atoms in total. The molecule has 0 spiro atoms. The summed E-state index contributed by atoms with van der Waals surface area (Å²) in [4.78, 5) is -1.40. The molecule has 0 atom stereocenters. The van der Waals surface area contributed by atoms with Crippen molar-refractivity contribution in [1.82, 2.24) is 0 Å². The summed E-state index contributed by atoms with van der Waals surface area (Å²) >= 11 is 0. The summed E-state index contributed by atoms with van der Waals surface area (Å²) < 4.78 is 110. The van der Waals surface area contributed by atoms with Gasteiger partial charge in [0.1, 0.15) is 0 Å². The van der Waals surface area contributed by atoms with Crippen LogP contribution in [0.3, 0.4) is 0 Å². The molecule has 0 aliphatic carbocycles. The second-order valence-corrected chi connectivity index (χ2v) is 5.65. The lowest BCUT2D eigenvalue weighted by molar-refractivity contribution is -0.332. The van der Waals surface area contributed by atoms with Crippen LogP contribution < -0.4 is 5.73 Å². The molecule has 0 aliphatic heterocycles. The van der Waals surface area contributed by atoms with E-state index < -0.39 is 32.1 Å². The Bertz CT molecular complexity index is 592. The van der Waals surface area contributed by atoms with Crippen LogP contribution in [-0.4, -0.2) is 25.8 Å². The van der Waals surface area contributed by atoms with Crippen LogP contribution in [0.25, 0.3) is 0 Å². The zero-order valence-electron chi connectivity index (χ0n) is 9.26. The normalized spacial score (nSPS) is 14.3. The van der Waals surface area contributed by atoms with E-state index in [0.717, 1.165) is 12.1 Å². The Hall–Kier alpha value is -1.52. The van der Waals surface area contributed by atoms with Gasteiger partial charge in [-0.2, -0.15) is 30.7 Å². The van der Waals surface area contributed by atoms with Crippen LogP contribution in [0.1, 0.15) is 0 Å². The van der Waals surface area contributed by atoms with E-state index in [0.29, 0.717) is 12.1 Å². The van der Waals surface area contributed by atoms with Gasteiger partial charge in [0.25, 0.3) is 0 Å². The van der Waals surface area contributed by atoms with E-state index in [2.05, 4.69) is 0 Å². The largest absolute Gasteiger partial charge is 0.461 e. The van der Waals surface area contributed by atoms with Gasteiger partial charge in [0.2, 0.25) is 9.84 Å². The van der Waals surface area contributed by atoms with Gasteiger partial charge < -0.3 is 5.73 Å². The molecular weight excluding hydrogens is 319 g/mol. The molecule has 0 bridgehead atoms. The summed E-state index contributed by atoms with van der Waals surface area (Å²) in [6, 6.07) is 2.36. The lowest BCUT2D eigenvalue weighted by atomic mass is 10.3. The summed E-state index contributed by atoms with van der Waals surface area (Å²) in [6.07, 6.45) is -6.72. The highest BCUT2D eigenvalue weighted by molar-refractivity contribution is 7.92. The summed E-state index contributed by atoms with van der Waals surface area (Å²) in [6.45, 7) is 0. The van der Waals surface area contributed by atoms with Gasteiger partial charge in [-0.05, 0) is 24.3 Å². The molecule has 20 heavy (non-hydrogen) atoms. The molecular formula is C9H6F7NO2S. The first kappa shape index (κ1) is 16.5. The zero-order valence-corrected chi connectivity index (χ0v) is 10.1. The van der Waals surface area contributed by atoms with Crippen molar-refractivity contribution < 1.29 is 39.2 Å². The van der Waals surface area contributed by atoms with Crippen LogP contribution in [0.2, 0.25) is 0 Å². The van der Waals surface area contributed by atoms with Crippen molar-refractivity contribution in [3.05, 3.63) is 24.3 Å². The van der Waals surface area contributed by atoms with Gasteiger partial charge in [-0.3, -0.25) is 0 Å². The average Bonchev–Trinajstić information content (AvgIpc) is 2.27. The van der Waals surface area contributed by atoms with Crippen molar-refractivity contribution in [2.45, 2.75) is 22.2 Å². The van der Waals surface area contributed by atoms with Gasteiger partial charge in [-0.15, -0.1) is 0 Å². The number of hydrogen-bond acceptors (Lipinski definition) is 3. The smallest absolute Gasteiger partial charge is 0.399 e. The number of alkyl halides is 7. The molecule has 0 unspecified atom stereocenters. The fourth-order valence-corrected chi connectivity index (χ4v) is 2.37. The van der Waals surface area contributed by atoms with Crippen molar-refractivity contribution >= 4 is 15.5 Å².